The summed E-state index contributed by atoms with van der Waals surface area (Å²) in [6.07, 6.45) is 1.77. The molecule has 5 heteroatoms. The van der Waals surface area contributed by atoms with Crippen LogP contribution in [0.4, 0.5) is 11.6 Å². The van der Waals surface area contributed by atoms with Gasteiger partial charge in [0.25, 0.3) is 0 Å². The number of rotatable bonds is 6. The minimum absolute atomic E-state index is 0.457. The van der Waals surface area contributed by atoms with E-state index in [-0.39, 0.29) is 0 Å². The number of hydrazone groups is 1. The molecule has 4 aromatic rings. The summed E-state index contributed by atoms with van der Waals surface area (Å²) in [5.74, 6) is 0.457. The molecule has 0 fully saturated rings. The van der Waals surface area contributed by atoms with Gasteiger partial charge in [0.15, 0.2) is 0 Å². The number of hydrogen-bond acceptors (Lipinski definition) is 5. The van der Waals surface area contributed by atoms with Crippen LogP contribution in [-0.2, 0) is 0 Å². The highest BCUT2D eigenvalue weighted by molar-refractivity contribution is 5.81. The number of anilines is 2. The molecule has 0 aliphatic carbocycles. The standard InChI is InChI=1S/C26H25N5/c1-19-9-13-22(14-10-19)25-17-24(21-7-5-4-6-8-21)28-26(29-25)30-27-18-20-11-15-23(16-12-20)31(2)3/h4-18H,1-3H3,(H,28,29,30). The van der Waals surface area contributed by atoms with E-state index in [0.29, 0.717) is 5.95 Å². The van der Waals surface area contributed by atoms with Crippen molar-refractivity contribution in [2.75, 3.05) is 24.4 Å². The van der Waals surface area contributed by atoms with Gasteiger partial charge in [-0.25, -0.2) is 15.4 Å². The normalized spacial score (nSPS) is 10.9. The van der Waals surface area contributed by atoms with E-state index in [2.05, 4.69) is 68.7 Å². The monoisotopic (exact) mass is 407 g/mol. The summed E-state index contributed by atoms with van der Waals surface area (Å²) < 4.78 is 0. The molecule has 0 saturated heterocycles. The lowest BCUT2D eigenvalue weighted by molar-refractivity contribution is 1.12. The number of nitrogens with zero attached hydrogens (tertiary/aromatic N) is 4. The summed E-state index contributed by atoms with van der Waals surface area (Å²) in [5, 5.41) is 4.36. The van der Waals surface area contributed by atoms with E-state index in [1.165, 1.54) is 5.56 Å². The Morgan fingerprint density at radius 2 is 1.39 bits per heavy atom. The van der Waals surface area contributed by atoms with Crippen LogP contribution >= 0.6 is 0 Å². The highest BCUT2D eigenvalue weighted by atomic mass is 15.3. The van der Waals surface area contributed by atoms with Crippen molar-refractivity contribution in [1.82, 2.24) is 9.97 Å². The molecule has 0 aliphatic heterocycles. The highest BCUT2D eigenvalue weighted by Crippen LogP contribution is 2.25. The lowest BCUT2D eigenvalue weighted by atomic mass is 10.1. The molecule has 1 heterocycles. The third kappa shape index (κ3) is 5.14. The SMILES string of the molecule is Cc1ccc(-c2cc(-c3ccccc3)nc(NN=Cc3ccc(N(C)C)cc3)n2)cc1. The zero-order valence-electron chi connectivity index (χ0n) is 17.9. The number of benzene rings is 3. The Balaban J connectivity index is 1.63. The van der Waals surface area contributed by atoms with Gasteiger partial charge in [-0.1, -0.05) is 72.3 Å². The lowest BCUT2D eigenvalue weighted by Gasteiger charge is -2.11. The zero-order valence-corrected chi connectivity index (χ0v) is 17.9. The second-order valence-corrected chi connectivity index (χ2v) is 7.55. The number of aromatic nitrogens is 2. The molecule has 4 rings (SSSR count). The van der Waals surface area contributed by atoms with E-state index in [4.69, 9.17) is 0 Å². The molecule has 0 saturated carbocycles. The van der Waals surface area contributed by atoms with Gasteiger partial charge in [0.2, 0.25) is 5.95 Å². The predicted molar refractivity (Wildman–Crippen MR) is 130 cm³/mol. The first kappa shape index (κ1) is 20.3. The maximum atomic E-state index is 4.68. The van der Waals surface area contributed by atoms with E-state index in [0.717, 1.165) is 33.8 Å². The van der Waals surface area contributed by atoms with Gasteiger partial charge in [0, 0.05) is 30.9 Å². The first-order valence-corrected chi connectivity index (χ1v) is 10.2. The zero-order chi connectivity index (χ0) is 21.6. The van der Waals surface area contributed by atoms with Crippen molar-refractivity contribution in [3.63, 3.8) is 0 Å². The van der Waals surface area contributed by atoms with Gasteiger partial charge in [-0.15, -0.1) is 0 Å². The van der Waals surface area contributed by atoms with Crippen LogP contribution in [0.3, 0.4) is 0 Å². The second-order valence-electron chi connectivity index (χ2n) is 7.55. The van der Waals surface area contributed by atoms with Gasteiger partial charge >= 0.3 is 0 Å². The minimum Gasteiger partial charge on any atom is -0.378 e. The first-order chi connectivity index (χ1) is 15.1. The molecule has 0 bridgehead atoms. The summed E-state index contributed by atoms with van der Waals surface area (Å²) >= 11 is 0. The van der Waals surface area contributed by atoms with Crippen LogP contribution in [0.5, 0.6) is 0 Å². The van der Waals surface area contributed by atoms with Crippen molar-refractivity contribution < 1.29 is 0 Å². The smallest absolute Gasteiger partial charge is 0.244 e. The number of nitrogens with one attached hydrogen (secondary N) is 1. The molecule has 0 unspecified atom stereocenters. The predicted octanol–water partition coefficient (Wildman–Crippen LogP) is 5.63. The summed E-state index contributed by atoms with van der Waals surface area (Å²) in [6.45, 7) is 2.08. The average Bonchev–Trinajstić information content (AvgIpc) is 2.80. The Hall–Kier alpha value is -3.99. The number of hydrogen-bond donors (Lipinski definition) is 1. The maximum absolute atomic E-state index is 4.68. The largest absolute Gasteiger partial charge is 0.378 e. The molecule has 0 atom stereocenters. The van der Waals surface area contributed by atoms with Crippen LogP contribution in [0.1, 0.15) is 11.1 Å². The molecule has 0 spiro atoms. The van der Waals surface area contributed by atoms with Gasteiger partial charge in [-0.3, -0.25) is 0 Å². The summed E-state index contributed by atoms with van der Waals surface area (Å²) in [7, 11) is 4.04. The first-order valence-electron chi connectivity index (χ1n) is 10.2. The van der Waals surface area contributed by atoms with Gasteiger partial charge in [-0.05, 0) is 30.7 Å². The van der Waals surface area contributed by atoms with E-state index in [9.17, 15) is 0 Å². The molecule has 1 N–H and O–H groups in total. The molecule has 31 heavy (non-hydrogen) atoms. The van der Waals surface area contributed by atoms with Crippen molar-refractivity contribution in [2.24, 2.45) is 5.10 Å². The Morgan fingerprint density at radius 3 is 2.00 bits per heavy atom. The molecule has 1 aromatic heterocycles. The fourth-order valence-corrected chi connectivity index (χ4v) is 3.15. The maximum Gasteiger partial charge on any atom is 0.244 e. The van der Waals surface area contributed by atoms with Crippen LogP contribution < -0.4 is 10.3 Å². The molecule has 0 radical (unpaired) electrons. The molecule has 0 aliphatic rings. The van der Waals surface area contributed by atoms with Crippen molar-refractivity contribution in [2.45, 2.75) is 6.92 Å². The third-order valence-corrected chi connectivity index (χ3v) is 4.93. The topological polar surface area (TPSA) is 53.4 Å². The van der Waals surface area contributed by atoms with E-state index in [1.807, 2.05) is 62.6 Å². The van der Waals surface area contributed by atoms with Crippen LogP contribution in [-0.4, -0.2) is 30.3 Å². The summed E-state index contributed by atoms with van der Waals surface area (Å²) in [4.78, 5) is 11.4. The van der Waals surface area contributed by atoms with Gasteiger partial charge in [0.05, 0.1) is 17.6 Å². The second kappa shape index (κ2) is 9.22. The van der Waals surface area contributed by atoms with Crippen molar-refractivity contribution >= 4 is 17.9 Å². The molecule has 154 valence electrons. The molecule has 0 amide bonds. The number of aryl methyl sites for hydroxylation is 1. The van der Waals surface area contributed by atoms with Crippen molar-refractivity contribution in [3.05, 3.63) is 96.1 Å². The quantitative estimate of drug-likeness (QED) is 0.332. The Kier molecular flexibility index (Phi) is 6.03. The fraction of sp³-hybridized carbons (Fsp3) is 0.115. The Morgan fingerprint density at radius 1 is 0.774 bits per heavy atom. The van der Waals surface area contributed by atoms with E-state index < -0.39 is 0 Å². The van der Waals surface area contributed by atoms with Crippen molar-refractivity contribution in [3.8, 4) is 22.5 Å². The fourth-order valence-electron chi connectivity index (χ4n) is 3.15. The van der Waals surface area contributed by atoms with Gasteiger partial charge < -0.3 is 4.90 Å². The summed E-state index contributed by atoms with van der Waals surface area (Å²) in [5.41, 5.74) is 10.1. The third-order valence-electron chi connectivity index (χ3n) is 4.93. The Labute approximate surface area is 183 Å². The molecule has 3 aromatic carbocycles. The van der Waals surface area contributed by atoms with Crippen LogP contribution in [0.2, 0.25) is 0 Å². The highest BCUT2D eigenvalue weighted by Gasteiger charge is 2.08. The summed E-state index contributed by atoms with van der Waals surface area (Å²) in [6, 6.07) is 28.6. The molecule has 5 nitrogen and oxygen atoms in total. The van der Waals surface area contributed by atoms with Crippen LogP contribution in [0.25, 0.3) is 22.5 Å². The van der Waals surface area contributed by atoms with E-state index in [1.54, 1.807) is 6.21 Å². The van der Waals surface area contributed by atoms with Gasteiger partial charge in [-0.2, -0.15) is 5.10 Å². The van der Waals surface area contributed by atoms with E-state index >= 15 is 0 Å². The average molecular weight is 408 g/mol. The minimum atomic E-state index is 0.457. The van der Waals surface area contributed by atoms with Crippen LogP contribution in [0.15, 0.2) is 90.0 Å². The van der Waals surface area contributed by atoms with Crippen LogP contribution in [0, 0.1) is 6.92 Å². The Bertz CT molecular complexity index is 1160. The van der Waals surface area contributed by atoms with Gasteiger partial charge in [0.1, 0.15) is 0 Å². The van der Waals surface area contributed by atoms with Crippen molar-refractivity contribution in [1.29, 1.82) is 0 Å². The lowest BCUT2D eigenvalue weighted by Crippen LogP contribution is -2.08. The molecular weight excluding hydrogens is 382 g/mol. The molecular formula is C26H25N5.